The highest BCUT2D eigenvalue weighted by atomic mass is 79.9. The van der Waals surface area contributed by atoms with Crippen LogP contribution in [0.2, 0.25) is 0 Å². The van der Waals surface area contributed by atoms with Gasteiger partial charge < -0.3 is 4.74 Å². The SMILES string of the molecule is CC1CCC(C(C)C)C(OCC(=O)c2cc(Br)sc2Br)C1. The third-order valence-corrected chi connectivity index (χ3v) is 6.69. The number of hydrogen-bond donors (Lipinski definition) is 0. The molecule has 0 aliphatic heterocycles. The minimum Gasteiger partial charge on any atom is -0.370 e. The maximum absolute atomic E-state index is 12.3. The van der Waals surface area contributed by atoms with Crippen molar-refractivity contribution in [3.8, 4) is 0 Å². The smallest absolute Gasteiger partial charge is 0.190 e. The van der Waals surface area contributed by atoms with Gasteiger partial charge in [-0.3, -0.25) is 4.79 Å². The molecule has 0 amide bonds. The highest BCUT2D eigenvalue weighted by Gasteiger charge is 2.32. The Morgan fingerprint density at radius 1 is 1.43 bits per heavy atom. The van der Waals surface area contributed by atoms with Crippen molar-refractivity contribution in [2.75, 3.05) is 6.61 Å². The van der Waals surface area contributed by atoms with Crippen molar-refractivity contribution in [1.82, 2.24) is 0 Å². The van der Waals surface area contributed by atoms with Crippen LogP contribution in [0.5, 0.6) is 0 Å². The lowest BCUT2D eigenvalue weighted by molar-refractivity contribution is -0.0309. The van der Waals surface area contributed by atoms with Gasteiger partial charge in [0.05, 0.1) is 13.7 Å². The summed E-state index contributed by atoms with van der Waals surface area (Å²) >= 11 is 8.37. The third-order valence-electron chi connectivity index (χ3n) is 4.35. The molecular formula is C16H22Br2O2S. The van der Waals surface area contributed by atoms with Gasteiger partial charge >= 0.3 is 0 Å². The third kappa shape index (κ3) is 4.63. The zero-order valence-electron chi connectivity index (χ0n) is 12.7. The molecule has 3 unspecified atom stereocenters. The fraction of sp³-hybridized carbons (Fsp3) is 0.688. The van der Waals surface area contributed by atoms with Crippen molar-refractivity contribution in [3.63, 3.8) is 0 Å². The minimum absolute atomic E-state index is 0.0598. The van der Waals surface area contributed by atoms with Gasteiger partial charge in [0.15, 0.2) is 5.78 Å². The molecule has 1 heterocycles. The fourth-order valence-corrected chi connectivity index (χ4v) is 5.95. The molecule has 0 N–H and O–H groups in total. The van der Waals surface area contributed by atoms with Crippen LogP contribution in [0.4, 0.5) is 0 Å². The van der Waals surface area contributed by atoms with E-state index in [2.05, 4.69) is 52.6 Å². The van der Waals surface area contributed by atoms with E-state index in [1.807, 2.05) is 6.07 Å². The highest BCUT2D eigenvalue weighted by Crippen LogP contribution is 2.36. The standard InChI is InChI=1S/C16H22Br2O2S/c1-9(2)11-5-4-10(3)6-14(11)20-8-13(19)12-7-15(17)21-16(12)18/h7,9-11,14H,4-6,8H2,1-3H3. The second kappa shape index (κ2) is 7.71. The lowest BCUT2D eigenvalue weighted by Crippen LogP contribution is -2.35. The van der Waals surface area contributed by atoms with Crippen LogP contribution in [0, 0.1) is 17.8 Å². The van der Waals surface area contributed by atoms with Crippen LogP contribution >= 0.6 is 43.2 Å². The lowest BCUT2D eigenvalue weighted by atomic mass is 9.75. The molecule has 0 bridgehead atoms. The first kappa shape index (κ1) is 17.6. The number of halogens is 2. The van der Waals surface area contributed by atoms with Crippen LogP contribution in [0.3, 0.4) is 0 Å². The van der Waals surface area contributed by atoms with Gasteiger partial charge in [-0.05, 0) is 68.5 Å². The summed E-state index contributed by atoms with van der Waals surface area (Å²) in [6, 6.07) is 1.86. The topological polar surface area (TPSA) is 26.3 Å². The Hall–Kier alpha value is 0.290. The maximum atomic E-state index is 12.3. The van der Waals surface area contributed by atoms with Crippen LogP contribution in [0.1, 0.15) is 50.4 Å². The van der Waals surface area contributed by atoms with E-state index in [1.165, 1.54) is 24.2 Å². The van der Waals surface area contributed by atoms with Crippen LogP contribution < -0.4 is 0 Å². The molecule has 0 spiro atoms. The molecule has 2 nitrogen and oxygen atoms in total. The molecule has 0 saturated heterocycles. The summed E-state index contributed by atoms with van der Waals surface area (Å²) < 4.78 is 7.86. The highest BCUT2D eigenvalue weighted by molar-refractivity contribution is 9.12. The summed E-state index contributed by atoms with van der Waals surface area (Å²) in [6.45, 7) is 6.97. The summed E-state index contributed by atoms with van der Waals surface area (Å²) in [5.41, 5.74) is 0.719. The van der Waals surface area contributed by atoms with Gasteiger partial charge in [0.1, 0.15) is 6.61 Å². The number of hydrogen-bond acceptors (Lipinski definition) is 3. The Balaban J connectivity index is 1.97. The molecule has 5 heteroatoms. The normalized spacial score (nSPS) is 26.3. The van der Waals surface area contributed by atoms with Gasteiger partial charge in [-0.15, -0.1) is 11.3 Å². The zero-order chi connectivity index (χ0) is 15.6. The fourth-order valence-electron chi connectivity index (χ4n) is 3.10. The summed E-state index contributed by atoms with van der Waals surface area (Å²) in [5.74, 6) is 1.94. The largest absolute Gasteiger partial charge is 0.370 e. The molecule has 1 aromatic rings. The number of rotatable bonds is 5. The van der Waals surface area contributed by atoms with Crippen molar-refractivity contribution in [2.24, 2.45) is 17.8 Å². The average molecular weight is 438 g/mol. The van der Waals surface area contributed by atoms with E-state index in [-0.39, 0.29) is 18.5 Å². The monoisotopic (exact) mass is 436 g/mol. The van der Waals surface area contributed by atoms with Crippen LogP contribution in [-0.4, -0.2) is 18.5 Å². The van der Waals surface area contributed by atoms with Crippen LogP contribution in [0.15, 0.2) is 13.6 Å². The van der Waals surface area contributed by atoms with Gasteiger partial charge in [0, 0.05) is 5.56 Å². The van der Waals surface area contributed by atoms with Gasteiger partial charge in [-0.1, -0.05) is 27.2 Å². The molecular weight excluding hydrogens is 416 g/mol. The van der Waals surface area contributed by atoms with E-state index in [4.69, 9.17) is 4.74 Å². The Bertz CT molecular complexity index is 498. The second-order valence-electron chi connectivity index (χ2n) is 6.34. The van der Waals surface area contributed by atoms with Crippen molar-refractivity contribution in [2.45, 2.75) is 46.1 Å². The van der Waals surface area contributed by atoms with Crippen molar-refractivity contribution < 1.29 is 9.53 Å². The number of Topliss-reactive ketones (excluding diaryl/α,β-unsaturated/α-hetero) is 1. The van der Waals surface area contributed by atoms with Crippen LogP contribution in [0.25, 0.3) is 0 Å². The molecule has 0 aromatic carbocycles. The quantitative estimate of drug-likeness (QED) is 0.533. The number of ether oxygens (including phenoxy) is 1. The van der Waals surface area contributed by atoms with E-state index < -0.39 is 0 Å². The molecule has 3 atom stereocenters. The molecule has 2 rings (SSSR count). The van der Waals surface area contributed by atoms with Crippen molar-refractivity contribution in [3.05, 3.63) is 19.2 Å². The molecule has 1 saturated carbocycles. The van der Waals surface area contributed by atoms with Gasteiger partial charge in [0.25, 0.3) is 0 Å². The van der Waals surface area contributed by atoms with E-state index in [0.717, 1.165) is 19.6 Å². The minimum atomic E-state index is 0.0598. The molecule has 1 aromatic heterocycles. The van der Waals surface area contributed by atoms with Gasteiger partial charge in [0.2, 0.25) is 0 Å². The van der Waals surface area contributed by atoms with Crippen molar-refractivity contribution in [1.29, 1.82) is 0 Å². The Morgan fingerprint density at radius 3 is 2.71 bits per heavy atom. The summed E-state index contributed by atoms with van der Waals surface area (Å²) in [4.78, 5) is 12.3. The average Bonchev–Trinajstić information content (AvgIpc) is 2.74. The van der Waals surface area contributed by atoms with Gasteiger partial charge in [-0.2, -0.15) is 0 Å². The molecule has 1 aliphatic carbocycles. The summed E-state index contributed by atoms with van der Waals surface area (Å²) in [6.07, 6.45) is 3.79. The number of ketones is 1. The summed E-state index contributed by atoms with van der Waals surface area (Å²) in [5, 5.41) is 0. The van der Waals surface area contributed by atoms with E-state index in [0.29, 0.717) is 17.8 Å². The molecule has 118 valence electrons. The first-order chi connectivity index (χ1) is 9.88. The van der Waals surface area contributed by atoms with Crippen LogP contribution in [-0.2, 0) is 4.74 Å². The molecule has 21 heavy (non-hydrogen) atoms. The van der Waals surface area contributed by atoms with E-state index >= 15 is 0 Å². The lowest BCUT2D eigenvalue weighted by Gasteiger charge is -2.37. The maximum Gasteiger partial charge on any atom is 0.190 e. The predicted molar refractivity (Wildman–Crippen MR) is 95.1 cm³/mol. The van der Waals surface area contributed by atoms with E-state index in [9.17, 15) is 4.79 Å². The number of carbonyl (C=O) groups is 1. The first-order valence-corrected chi connectivity index (χ1v) is 9.88. The zero-order valence-corrected chi connectivity index (χ0v) is 16.7. The number of thiophene rings is 1. The Kier molecular flexibility index (Phi) is 6.48. The van der Waals surface area contributed by atoms with Gasteiger partial charge in [-0.25, -0.2) is 0 Å². The Labute approximate surface area is 147 Å². The van der Waals surface area contributed by atoms with E-state index in [1.54, 1.807) is 0 Å². The summed E-state index contributed by atoms with van der Waals surface area (Å²) in [7, 11) is 0. The molecule has 0 radical (unpaired) electrons. The molecule has 1 aliphatic rings. The van der Waals surface area contributed by atoms with Crippen molar-refractivity contribution >= 4 is 49.0 Å². The number of carbonyl (C=O) groups excluding carboxylic acids is 1. The second-order valence-corrected chi connectivity index (χ2v) is 10.1. The Morgan fingerprint density at radius 2 is 2.14 bits per heavy atom. The predicted octanol–water partition coefficient (Wildman–Crippen LogP) is 5.93. The first-order valence-electron chi connectivity index (χ1n) is 7.48. The molecule has 1 fully saturated rings.